The Kier molecular flexibility index (Phi) is 7.40. The van der Waals surface area contributed by atoms with Crippen LogP contribution in [-0.4, -0.2) is 29.5 Å². The molecule has 6 heterocycles. The smallest absolute Gasteiger partial charge is 0.238 e. The van der Waals surface area contributed by atoms with E-state index in [0.29, 0.717) is 23.4 Å². The van der Waals surface area contributed by atoms with Crippen LogP contribution in [0.4, 0.5) is 0 Å². The van der Waals surface area contributed by atoms with Gasteiger partial charge in [0.2, 0.25) is 5.95 Å². The normalized spacial score (nSPS) is 12.1. The van der Waals surface area contributed by atoms with Crippen molar-refractivity contribution in [1.29, 1.82) is 0 Å². The Morgan fingerprint density at radius 3 is 1.56 bits per heavy atom. The maximum atomic E-state index is 6.37. The first kappa shape index (κ1) is 35.1. The molecule has 0 aliphatic carbocycles. The molecule has 0 fully saturated rings. The Morgan fingerprint density at radius 2 is 0.906 bits per heavy atom. The maximum Gasteiger partial charge on any atom is 0.238 e. The molecule has 8 aromatic carbocycles. The Labute approximate surface area is 367 Å². The number of rotatable bonds is 5. The van der Waals surface area contributed by atoms with E-state index in [1.54, 1.807) is 11.3 Å². The van der Waals surface area contributed by atoms with E-state index in [1.807, 2.05) is 72.8 Å². The molecule has 0 atom stereocenters. The Balaban J connectivity index is 1.04. The molecule has 0 radical (unpaired) electrons. The van der Waals surface area contributed by atoms with Gasteiger partial charge >= 0.3 is 0 Å². The second-order valence-corrected chi connectivity index (χ2v) is 17.1. The van der Waals surface area contributed by atoms with Gasteiger partial charge < -0.3 is 8.83 Å². The number of hydrogen-bond acceptors (Lipinski definition) is 8. The number of nitrogens with zero attached hydrogens (tertiary/aromatic N) is 6. The van der Waals surface area contributed by atoms with Gasteiger partial charge in [-0.05, 0) is 54.6 Å². The van der Waals surface area contributed by atoms with Gasteiger partial charge in [-0.1, -0.05) is 127 Å². The van der Waals surface area contributed by atoms with Crippen LogP contribution in [0.25, 0.3) is 137 Å². The van der Waals surface area contributed by atoms with Crippen molar-refractivity contribution in [1.82, 2.24) is 29.5 Å². The number of hydrogen-bond donors (Lipinski definition) is 0. The van der Waals surface area contributed by atoms with Crippen LogP contribution in [0.1, 0.15) is 0 Å². The van der Waals surface area contributed by atoms with E-state index >= 15 is 0 Å². The minimum absolute atomic E-state index is 0.491. The van der Waals surface area contributed by atoms with Crippen LogP contribution in [0, 0.1) is 0 Å². The molecular weight excluding hydrogens is 809 g/mol. The first-order chi connectivity index (χ1) is 31.7. The molecule has 6 aromatic heterocycles. The molecule has 0 bridgehead atoms. The molecule has 9 heteroatoms. The molecule has 298 valence electrons. The van der Waals surface area contributed by atoms with E-state index in [2.05, 4.69) is 114 Å². The largest absolute Gasteiger partial charge is 0.456 e. The van der Waals surface area contributed by atoms with Crippen LogP contribution in [0.2, 0.25) is 0 Å². The SMILES string of the molecule is c1ccc(-c2nc(-c3ccccc3)c3c(n2)sc2cc4c5ccccc5n(-c5nc(-c6ccc7c(c6)oc6ccccc67)nc(-c6ccc7c(c6)oc6ccccc67)n5)c4cc23)cc1. The van der Waals surface area contributed by atoms with E-state index < -0.39 is 0 Å². The summed E-state index contributed by atoms with van der Waals surface area (Å²) in [5.74, 6) is 2.23. The number of para-hydroxylation sites is 3. The van der Waals surface area contributed by atoms with Crippen molar-refractivity contribution in [2.24, 2.45) is 0 Å². The van der Waals surface area contributed by atoms with E-state index in [9.17, 15) is 0 Å². The average Bonchev–Trinajstić information content (AvgIpc) is 4.11. The molecule has 0 aliphatic heterocycles. The van der Waals surface area contributed by atoms with E-state index in [1.165, 1.54) is 0 Å². The first-order valence-electron chi connectivity index (χ1n) is 21.1. The molecule has 14 rings (SSSR count). The monoisotopic (exact) mass is 838 g/mol. The Morgan fingerprint density at radius 1 is 0.359 bits per heavy atom. The molecule has 0 amide bonds. The van der Waals surface area contributed by atoms with E-state index in [4.69, 9.17) is 33.8 Å². The molecule has 0 saturated heterocycles. The van der Waals surface area contributed by atoms with Crippen molar-refractivity contribution >= 4 is 97.3 Å². The van der Waals surface area contributed by atoms with Crippen LogP contribution in [-0.2, 0) is 0 Å². The minimum atomic E-state index is 0.491. The molecule has 8 nitrogen and oxygen atoms in total. The highest BCUT2D eigenvalue weighted by atomic mass is 32.1. The number of benzene rings is 8. The van der Waals surface area contributed by atoms with Crippen molar-refractivity contribution in [3.63, 3.8) is 0 Å². The van der Waals surface area contributed by atoms with Crippen molar-refractivity contribution in [2.45, 2.75) is 0 Å². The lowest BCUT2D eigenvalue weighted by Crippen LogP contribution is -2.06. The van der Waals surface area contributed by atoms with Crippen LogP contribution in [0.3, 0.4) is 0 Å². The van der Waals surface area contributed by atoms with Crippen molar-refractivity contribution in [3.05, 3.63) is 182 Å². The predicted octanol–water partition coefficient (Wildman–Crippen LogP) is 14.6. The van der Waals surface area contributed by atoms with Crippen LogP contribution >= 0.6 is 11.3 Å². The molecule has 64 heavy (non-hydrogen) atoms. The number of aromatic nitrogens is 6. The lowest BCUT2D eigenvalue weighted by Gasteiger charge is -2.11. The zero-order chi connectivity index (χ0) is 41.9. The van der Waals surface area contributed by atoms with Gasteiger partial charge in [0.05, 0.1) is 16.7 Å². The lowest BCUT2D eigenvalue weighted by molar-refractivity contribution is 0.668. The molecule has 0 N–H and O–H groups in total. The summed E-state index contributed by atoms with van der Waals surface area (Å²) in [5, 5.41) is 8.46. The number of fused-ring (bicyclic) bond motifs is 12. The number of thiophene rings is 1. The standard InChI is InChI=1S/C55H30N6O2S/c1-3-13-31(14-4-1)50-49-41-29-43-40(30-48(41)64-54(49)58-51(56-50)32-15-5-2-6-16-32)35-17-7-10-20-42(35)61(43)55-59-52(33-23-25-38-36-18-8-11-21-44(36)62-46(38)27-33)57-53(60-55)34-24-26-39-37-19-9-12-22-45(37)63-47(39)28-34/h1-30H. The van der Waals surface area contributed by atoms with Crippen LogP contribution in [0.15, 0.2) is 191 Å². The molecule has 0 unspecified atom stereocenters. The molecule has 0 aliphatic rings. The van der Waals surface area contributed by atoms with Gasteiger partial charge in [0, 0.05) is 70.0 Å². The summed E-state index contributed by atoms with van der Waals surface area (Å²) in [6.45, 7) is 0. The zero-order valence-electron chi connectivity index (χ0n) is 33.7. The lowest BCUT2D eigenvalue weighted by atomic mass is 10.0. The van der Waals surface area contributed by atoms with Crippen LogP contribution < -0.4 is 0 Å². The fourth-order valence-corrected chi connectivity index (χ4v) is 10.4. The third-order valence-corrected chi connectivity index (χ3v) is 13.3. The maximum absolute atomic E-state index is 6.37. The van der Waals surface area contributed by atoms with Gasteiger partial charge in [-0.2, -0.15) is 9.97 Å². The summed E-state index contributed by atoms with van der Waals surface area (Å²) >= 11 is 1.69. The zero-order valence-corrected chi connectivity index (χ0v) is 34.5. The fraction of sp³-hybridized carbons (Fsp3) is 0. The highest BCUT2D eigenvalue weighted by Gasteiger charge is 2.23. The van der Waals surface area contributed by atoms with E-state index in [-0.39, 0.29) is 0 Å². The van der Waals surface area contributed by atoms with Crippen LogP contribution in [0.5, 0.6) is 0 Å². The fourth-order valence-electron chi connectivity index (χ4n) is 9.33. The summed E-state index contributed by atoms with van der Waals surface area (Å²) < 4.78 is 16.0. The topological polar surface area (TPSA) is 95.7 Å². The second kappa shape index (κ2) is 13.5. The highest BCUT2D eigenvalue weighted by Crippen LogP contribution is 2.44. The Hall–Kier alpha value is -8.53. The Bertz CT molecular complexity index is 4070. The molecule has 0 spiro atoms. The summed E-state index contributed by atoms with van der Waals surface area (Å²) in [4.78, 5) is 27.2. The van der Waals surface area contributed by atoms with Gasteiger partial charge in [-0.3, -0.25) is 4.57 Å². The van der Waals surface area contributed by atoms with Gasteiger partial charge in [-0.25, -0.2) is 15.0 Å². The third-order valence-electron chi connectivity index (χ3n) is 12.3. The first-order valence-corrected chi connectivity index (χ1v) is 21.9. The molecule has 0 saturated carbocycles. The van der Waals surface area contributed by atoms with E-state index in [0.717, 1.165) is 114 Å². The highest BCUT2D eigenvalue weighted by molar-refractivity contribution is 7.25. The molecule has 14 aromatic rings. The predicted molar refractivity (Wildman–Crippen MR) is 259 cm³/mol. The van der Waals surface area contributed by atoms with Crippen molar-refractivity contribution < 1.29 is 8.83 Å². The summed E-state index contributed by atoms with van der Waals surface area (Å²) in [5.41, 5.74) is 9.66. The van der Waals surface area contributed by atoms with Gasteiger partial charge in [0.25, 0.3) is 0 Å². The summed E-state index contributed by atoms with van der Waals surface area (Å²) in [6.07, 6.45) is 0. The van der Waals surface area contributed by atoms with Crippen molar-refractivity contribution in [3.8, 4) is 51.4 Å². The second-order valence-electron chi connectivity index (χ2n) is 16.0. The molecular formula is C55H30N6O2S. The number of furan rings is 2. The van der Waals surface area contributed by atoms with Gasteiger partial charge in [-0.15, -0.1) is 11.3 Å². The summed E-state index contributed by atoms with van der Waals surface area (Å²) in [6, 6.07) is 62.2. The van der Waals surface area contributed by atoms with Gasteiger partial charge in [0.1, 0.15) is 27.2 Å². The summed E-state index contributed by atoms with van der Waals surface area (Å²) in [7, 11) is 0. The minimum Gasteiger partial charge on any atom is -0.456 e. The van der Waals surface area contributed by atoms with Gasteiger partial charge in [0.15, 0.2) is 17.5 Å². The third kappa shape index (κ3) is 5.31. The quantitative estimate of drug-likeness (QED) is 0.170. The van der Waals surface area contributed by atoms with Crippen molar-refractivity contribution in [2.75, 3.05) is 0 Å². The average molecular weight is 839 g/mol.